The summed E-state index contributed by atoms with van der Waals surface area (Å²) < 4.78 is 0. The van der Waals surface area contributed by atoms with Gasteiger partial charge in [0.25, 0.3) is 0 Å². The summed E-state index contributed by atoms with van der Waals surface area (Å²) in [7, 11) is 0. The van der Waals surface area contributed by atoms with E-state index < -0.39 is 101 Å². The Labute approximate surface area is 186 Å². The SMILES string of the molecule is C=CC(=O)O.OCC(CO)(CO)CO.OCC(CO)(CO)CO.OCC(CO)(CO)CO. The second kappa shape index (κ2) is 22.9. The maximum absolute atomic E-state index is 9.25. The minimum atomic E-state index is -1.11. The Morgan fingerprint density at radius 1 is 0.469 bits per heavy atom. The van der Waals surface area contributed by atoms with Crippen LogP contribution in [0.25, 0.3) is 0 Å². The standard InChI is InChI=1S/3C5H12O4.C3H4O2/c3*6-1-5(2-7,3-8)4-9;1-2-3(4)5/h3*6-9H,1-4H2;2H,1H2,(H,4,5). The number of carbonyl (C=O) groups is 1. The molecule has 0 heterocycles. The number of aliphatic hydroxyl groups is 12. The summed E-state index contributed by atoms with van der Waals surface area (Å²) in [6.07, 6.45) is 0.833. The van der Waals surface area contributed by atoms with Crippen molar-refractivity contribution in [3.63, 3.8) is 0 Å². The maximum atomic E-state index is 9.25. The van der Waals surface area contributed by atoms with Gasteiger partial charge in [0.15, 0.2) is 0 Å². The molecule has 196 valence electrons. The molecule has 0 bridgehead atoms. The fourth-order valence-corrected chi connectivity index (χ4v) is 0.900. The van der Waals surface area contributed by atoms with Crippen molar-refractivity contribution in [1.82, 2.24) is 0 Å². The zero-order chi connectivity index (χ0) is 26.3. The Balaban J connectivity index is -0.000000167. The number of hydrogen-bond acceptors (Lipinski definition) is 13. The fourth-order valence-electron chi connectivity index (χ4n) is 0.900. The third-order valence-corrected chi connectivity index (χ3v) is 4.20. The number of rotatable bonds is 13. The van der Waals surface area contributed by atoms with Crippen molar-refractivity contribution in [2.45, 2.75) is 0 Å². The van der Waals surface area contributed by atoms with Gasteiger partial charge in [-0.2, -0.15) is 0 Å². The average molecular weight is 481 g/mol. The molecule has 0 aromatic rings. The molecule has 0 atom stereocenters. The number of hydrogen-bond donors (Lipinski definition) is 13. The van der Waals surface area contributed by atoms with Crippen molar-refractivity contribution >= 4 is 5.97 Å². The van der Waals surface area contributed by atoms with Crippen LogP contribution in [0.15, 0.2) is 12.7 Å². The Bertz CT molecular complexity index is 320. The zero-order valence-corrected chi connectivity index (χ0v) is 18.0. The van der Waals surface area contributed by atoms with Gasteiger partial charge in [-0.25, -0.2) is 4.79 Å². The van der Waals surface area contributed by atoms with Crippen LogP contribution in [0.1, 0.15) is 0 Å². The van der Waals surface area contributed by atoms with Crippen LogP contribution in [-0.4, -0.2) is 152 Å². The molecule has 0 aromatic heterocycles. The molecule has 13 N–H and O–H groups in total. The Kier molecular flexibility index (Phi) is 27.2. The van der Waals surface area contributed by atoms with E-state index in [1.807, 2.05) is 0 Å². The van der Waals surface area contributed by atoms with Crippen LogP contribution >= 0.6 is 0 Å². The highest BCUT2D eigenvalue weighted by Crippen LogP contribution is 2.13. The largest absolute Gasteiger partial charge is 0.478 e. The van der Waals surface area contributed by atoms with Crippen LogP contribution in [0.2, 0.25) is 0 Å². The normalized spacial score (nSPS) is 11.1. The van der Waals surface area contributed by atoms with Gasteiger partial charge in [0.05, 0.1) is 95.5 Å². The molecule has 14 heteroatoms. The van der Waals surface area contributed by atoms with Crippen molar-refractivity contribution in [3.05, 3.63) is 12.7 Å². The first-order valence-electron chi connectivity index (χ1n) is 9.16. The van der Waals surface area contributed by atoms with Crippen LogP contribution in [0.4, 0.5) is 0 Å². The third-order valence-electron chi connectivity index (χ3n) is 4.20. The van der Waals surface area contributed by atoms with Crippen molar-refractivity contribution in [2.75, 3.05) is 79.3 Å². The van der Waals surface area contributed by atoms with Gasteiger partial charge in [-0.15, -0.1) is 0 Å². The van der Waals surface area contributed by atoms with Crippen molar-refractivity contribution < 1.29 is 71.2 Å². The molecule has 0 fully saturated rings. The van der Waals surface area contributed by atoms with Crippen LogP contribution < -0.4 is 0 Å². The summed E-state index contributed by atoms with van der Waals surface area (Å²) >= 11 is 0. The number of carboxylic acid groups (broad SMARTS) is 1. The molecule has 0 spiro atoms. The summed E-state index contributed by atoms with van der Waals surface area (Å²) in [5.74, 6) is -0.981. The summed E-state index contributed by atoms with van der Waals surface area (Å²) in [4.78, 5) is 9.25. The van der Waals surface area contributed by atoms with E-state index in [4.69, 9.17) is 66.4 Å². The van der Waals surface area contributed by atoms with Gasteiger partial charge < -0.3 is 66.4 Å². The molecule has 14 nitrogen and oxygen atoms in total. The lowest BCUT2D eigenvalue weighted by Crippen LogP contribution is -2.37. The Morgan fingerprint density at radius 2 is 0.562 bits per heavy atom. The van der Waals surface area contributed by atoms with Crippen LogP contribution in [0.5, 0.6) is 0 Å². The fraction of sp³-hybridized carbons (Fsp3) is 0.833. The highest BCUT2D eigenvalue weighted by Gasteiger charge is 2.27. The second-order valence-electron chi connectivity index (χ2n) is 6.94. The van der Waals surface area contributed by atoms with Gasteiger partial charge in [0.1, 0.15) is 0 Å². The molecule has 0 saturated heterocycles. The van der Waals surface area contributed by atoms with Crippen molar-refractivity contribution in [1.29, 1.82) is 0 Å². The van der Waals surface area contributed by atoms with Gasteiger partial charge in [-0.3, -0.25) is 0 Å². The molecule has 0 aliphatic rings. The number of aliphatic hydroxyl groups excluding tert-OH is 12. The first-order chi connectivity index (χ1) is 15.0. The predicted molar refractivity (Wildman–Crippen MR) is 110 cm³/mol. The Hall–Kier alpha value is -1.27. The monoisotopic (exact) mass is 480 g/mol. The summed E-state index contributed by atoms with van der Waals surface area (Å²) in [5.41, 5.74) is -3.33. The summed E-state index contributed by atoms with van der Waals surface area (Å²) in [6.45, 7) is -1.91. The van der Waals surface area contributed by atoms with Gasteiger partial charge in [0, 0.05) is 6.08 Å². The highest BCUT2D eigenvalue weighted by molar-refractivity contribution is 5.78. The van der Waals surface area contributed by atoms with Crippen molar-refractivity contribution in [3.8, 4) is 0 Å². The first-order valence-corrected chi connectivity index (χ1v) is 9.16. The summed E-state index contributed by atoms with van der Waals surface area (Å²) in [5, 5.41) is 110. The topological polar surface area (TPSA) is 280 Å². The lowest BCUT2D eigenvalue weighted by Gasteiger charge is -2.23. The molecule has 0 radical (unpaired) electrons. The molecule has 0 amide bonds. The second-order valence-corrected chi connectivity index (χ2v) is 6.94. The molecule has 32 heavy (non-hydrogen) atoms. The lowest BCUT2D eigenvalue weighted by atomic mass is 9.93. The predicted octanol–water partition coefficient (Wildman–Crippen LogP) is -5.92. The molecule has 0 aromatic carbocycles. The first kappa shape index (κ1) is 38.0. The van der Waals surface area contributed by atoms with E-state index in [-0.39, 0.29) is 0 Å². The highest BCUT2D eigenvalue weighted by atomic mass is 16.4. The van der Waals surface area contributed by atoms with Gasteiger partial charge in [-0.05, 0) is 0 Å². The molecular formula is C18H40O14. The van der Waals surface area contributed by atoms with Crippen LogP contribution in [0, 0.1) is 16.2 Å². The van der Waals surface area contributed by atoms with E-state index in [1.165, 1.54) is 0 Å². The molecule has 0 saturated carbocycles. The third kappa shape index (κ3) is 16.4. The zero-order valence-electron chi connectivity index (χ0n) is 18.0. The summed E-state index contributed by atoms with van der Waals surface area (Å²) in [6, 6.07) is 0. The van der Waals surface area contributed by atoms with Gasteiger partial charge in [-0.1, -0.05) is 6.58 Å². The van der Waals surface area contributed by atoms with E-state index in [9.17, 15) is 4.79 Å². The van der Waals surface area contributed by atoms with Gasteiger partial charge in [0.2, 0.25) is 0 Å². The molecular weight excluding hydrogens is 440 g/mol. The van der Waals surface area contributed by atoms with E-state index in [2.05, 4.69) is 6.58 Å². The molecule has 0 unspecified atom stereocenters. The molecule has 0 aliphatic carbocycles. The lowest BCUT2D eigenvalue weighted by molar-refractivity contribution is -0.131. The average Bonchev–Trinajstić information content (AvgIpc) is 2.86. The van der Waals surface area contributed by atoms with Crippen LogP contribution in [-0.2, 0) is 4.79 Å². The quantitative estimate of drug-likeness (QED) is 0.109. The van der Waals surface area contributed by atoms with E-state index >= 15 is 0 Å². The molecule has 0 aliphatic heterocycles. The van der Waals surface area contributed by atoms with Crippen molar-refractivity contribution in [2.24, 2.45) is 16.2 Å². The van der Waals surface area contributed by atoms with Crippen LogP contribution in [0.3, 0.4) is 0 Å². The number of carboxylic acids is 1. The van der Waals surface area contributed by atoms with E-state index in [1.54, 1.807) is 0 Å². The van der Waals surface area contributed by atoms with E-state index in [0.717, 1.165) is 6.08 Å². The maximum Gasteiger partial charge on any atom is 0.327 e. The molecule has 0 rings (SSSR count). The minimum Gasteiger partial charge on any atom is -0.478 e. The Morgan fingerprint density at radius 3 is 0.562 bits per heavy atom. The smallest absolute Gasteiger partial charge is 0.327 e. The number of aliphatic carboxylic acids is 1. The van der Waals surface area contributed by atoms with E-state index in [0.29, 0.717) is 0 Å². The minimum absolute atomic E-state index is 0.406. The van der Waals surface area contributed by atoms with Gasteiger partial charge >= 0.3 is 5.97 Å².